The molecule has 0 bridgehead atoms. The summed E-state index contributed by atoms with van der Waals surface area (Å²) in [5.41, 5.74) is 6.52. The Morgan fingerprint density at radius 1 is 1.42 bits per heavy atom. The molecule has 0 fully saturated rings. The van der Waals surface area contributed by atoms with Gasteiger partial charge in [-0.3, -0.25) is 0 Å². The van der Waals surface area contributed by atoms with Crippen molar-refractivity contribution in [3.63, 3.8) is 0 Å². The first-order valence-electron chi connectivity index (χ1n) is 3.58. The monoisotopic (exact) mass is 196 g/mol. The van der Waals surface area contributed by atoms with Crippen molar-refractivity contribution < 1.29 is 0 Å². The fourth-order valence-electron chi connectivity index (χ4n) is 0.942. The normalized spacial score (nSPS) is 10.4. The lowest BCUT2D eigenvalue weighted by Crippen LogP contribution is -1.94. The van der Waals surface area contributed by atoms with Crippen LogP contribution in [0.1, 0.15) is 5.01 Å². The smallest absolute Gasteiger partial charge is 0.107 e. The molecule has 2 aromatic heterocycles. The Morgan fingerprint density at radius 3 is 2.92 bits per heavy atom. The molecule has 2 heterocycles. The Bertz CT molecular complexity index is 351. The van der Waals surface area contributed by atoms with Gasteiger partial charge in [-0.1, -0.05) is 6.07 Å². The van der Waals surface area contributed by atoms with Gasteiger partial charge in [0.05, 0.1) is 10.6 Å². The molecule has 2 rings (SSSR count). The van der Waals surface area contributed by atoms with Crippen LogP contribution in [0.4, 0.5) is 0 Å². The van der Waals surface area contributed by atoms with Crippen molar-refractivity contribution in [1.29, 1.82) is 0 Å². The second-order valence-corrected chi connectivity index (χ2v) is 4.20. The molecule has 0 aliphatic carbocycles. The Kier molecular flexibility index (Phi) is 2.21. The van der Waals surface area contributed by atoms with Crippen LogP contribution in [0, 0.1) is 0 Å². The first kappa shape index (κ1) is 7.91. The third-order valence-electron chi connectivity index (χ3n) is 1.50. The Balaban J connectivity index is 2.35. The first-order valence-corrected chi connectivity index (χ1v) is 5.34. The Hall–Kier alpha value is -0.710. The summed E-state index contributed by atoms with van der Waals surface area (Å²) in [5.74, 6) is 0. The van der Waals surface area contributed by atoms with E-state index in [1.54, 1.807) is 22.7 Å². The molecule has 4 heteroatoms. The van der Waals surface area contributed by atoms with Crippen LogP contribution in [0.5, 0.6) is 0 Å². The van der Waals surface area contributed by atoms with Crippen molar-refractivity contribution in [3.8, 4) is 10.6 Å². The molecule has 0 aliphatic rings. The van der Waals surface area contributed by atoms with Crippen molar-refractivity contribution in [2.45, 2.75) is 6.54 Å². The van der Waals surface area contributed by atoms with Crippen LogP contribution in [0.2, 0.25) is 0 Å². The van der Waals surface area contributed by atoms with Gasteiger partial charge < -0.3 is 5.73 Å². The summed E-state index contributed by atoms with van der Waals surface area (Å²) in [7, 11) is 0. The zero-order chi connectivity index (χ0) is 8.39. The molecule has 0 unspecified atom stereocenters. The van der Waals surface area contributed by atoms with Crippen molar-refractivity contribution in [2.75, 3.05) is 0 Å². The van der Waals surface area contributed by atoms with Crippen LogP contribution in [0.25, 0.3) is 10.6 Å². The number of hydrogen-bond acceptors (Lipinski definition) is 4. The highest BCUT2D eigenvalue weighted by molar-refractivity contribution is 7.14. The van der Waals surface area contributed by atoms with Crippen molar-refractivity contribution in [3.05, 3.63) is 27.9 Å². The highest BCUT2D eigenvalue weighted by atomic mass is 32.1. The van der Waals surface area contributed by atoms with Gasteiger partial charge in [0.25, 0.3) is 0 Å². The lowest BCUT2D eigenvalue weighted by atomic mass is 10.4. The fourth-order valence-corrected chi connectivity index (χ4v) is 2.38. The van der Waals surface area contributed by atoms with Gasteiger partial charge in [0.15, 0.2) is 0 Å². The number of hydrogen-bond donors (Lipinski definition) is 1. The highest BCUT2D eigenvalue weighted by Gasteiger charge is 2.02. The minimum Gasteiger partial charge on any atom is -0.325 e. The molecule has 2 N–H and O–H groups in total. The zero-order valence-electron chi connectivity index (χ0n) is 6.36. The van der Waals surface area contributed by atoms with Crippen molar-refractivity contribution in [1.82, 2.24) is 4.98 Å². The molecule has 0 amide bonds. The maximum absolute atomic E-state index is 5.47. The van der Waals surface area contributed by atoms with E-state index < -0.39 is 0 Å². The first-order chi connectivity index (χ1) is 5.90. The van der Waals surface area contributed by atoms with Crippen LogP contribution in [0.3, 0.4) is 0 Å². The molecule has 12 heavy (non-hydrogen) atoms. The summed E-state index contributed by atoms with van der Waals surface area (Å²) in [6, 6.07) is 4.10. The zero-order valence-corrected chi connectivity index (χ0v) is 7.99. The van der Waals surface area contributed by atoms with Crippen molar-refractivity contribution >= 4 is 22.7 Å². The van der Waals surface area contributed by atoms with Gasteiger partial charge in [-0.05, 0) is 11.4 Å². The number of aromatic nitrogens is 1. The van der Waals surface area contributed by atoms with Crippen LogP contribution in [-0.4, -0.2) is 4.98 Å². The van der Waals surface area contributed by atoms with Crippen molar-refractivity contribution in [2.24, 2.45) is 5.73 Å². The van der Waals surface area contributed by atoms with E-state index in [0.29, 0.717) is 6.54 Å². The summed E-state index contributed by atoms with van der Waals surface area (Å²) in [4.78, 5) is 5.59. The number of thiophene rings is 1. The number of nitrogens with zero attached hydrogens (tertiary/aromatic N) is 1. The topological polar surface area (TPSA) is 38.9 Å². The van der Waals surface area contributed by atoms with E-state index in [9.17, 15) is 0 Å². The summed E-state index contributed by atoms with van der Waals surface area (Å²) in [5, 5.41) is 5.10. The maximum Gasteiger partial charge on any atom is 0.107 e. The quantitative estimate of drug-likeness (QED) is 0.800. The summed E-state index contributed by atoms with van der Waals surface area (Å²) in [6.45, 7) is 0.538. The fraction of sp³-hybridized carbons (Fsp3) is 0.125. The lowest BCUT2D eigenvalue weighted by molar-refractivity contribution is 1.04. The SMILES string of the molecule is NCc1nc(-c2cccs2)cs1. The molecular formula is C8H8N2S2. The van der Waals surface area contributed by atoms with E-state index in [1.165, 1.54) is 4.88 Å². The summed E-state index contributed by atoms with van der Waals surface area (Å²) < 4.78 is 0. The van der Waals surface area contributed by atoms with Gasteiger partial charge in [-0.2, -0.15) is 0 Å². The molecule has 2 aromatic rings. The molecular weight excluding hydrogens is 188 g/mol. The van der Waals surface area contributed by atoms with E-state index >= 15 is 0 Å². The van der Waals surface area contributed by atoms with Gasteiger partial charge in [0.1, 0.15) is 5.01 Å². The van der Waals surface area contributed by atoms with Crippen LogP contribution < -0.4 is 5.73 Å². The number of thiazole rings is 1. The van der Waals surface area contributed by atoms with Gasteiger partial charge in [0.2, 0.25) is 0 Å². The average Bonchev–Trinajstić information content (AvgIpc) is 2.75. The predicted octanol–water partition coefficient (Wildman–Crippen LogP) is 2.33. The molecule has 0 radical (unpaired) electrons. The highest BCUT2D eigenvalue weighted by Crippen LogP contribution is 2.25. The largest absolute Gasteiger partial charge is 0.325 e. The maximum atomic E-state index is 5.47. The van der Waals surface area contributed by atoms with Gasteiger partial charge in [-0.25, -0.2) is 4.98 Å². The van der Waals surface area contributed by atoms with E-state index in [0.717, 1.165) is 10.7 Å². The van der Waals surface area contributed by atoms with E-state index in [1.807, 2.05) is 11.4 Å². The molecule has 0 spiro atoms. The van der Waals surface area contributed by atoms with Gasteiger partial charge >= 0.3 is 0 Å². The predicted molar refractivity (Wildman–Crippen MR) is 53.3 cm³/mol. The third-order valence-corrected chi connectivity index (χ3v) is 3.26. The van der Waals surface area contributed by atoms with E-state index in [2.05, 4.69) is 16.4 Å². The van der Waals surface area contributed by atoms with E-state index in [-0.39, 0.29) is 0 Å². The standard InChI is InChI=1S/C8H8N2S2/c9-4-8-10-6(5-12-8)7-2-1-3-11-7/h1-3,5H,4,9H2. The molecule has 0 saturated heterocycles. The number of nitrogens with two attached hydrogens (primary N) is 1. The average molecular weight is 196 g/mol. The molecule has 0 aromatic carbocycles. The molecule has 0 atom stereocenters. The molecule has 0 saturated carbocycles. The van der Waals surface area contributed by atoms with Crippen LogP contribution >= 0.6 is 22.7 Å². The minimum absolute atomic E-state index is 0.538. The third kappa shape index (κ3) is 1.41. The van der Waals surface area contributed by atoms with Crippen LogP contribution in [0.15, 0.2) is 22.9 Å². The molecule has 0 aliphatic heterocycles. The Labute approximate surface area is 78.7 Å². The van der Waals surface area contributed by atoms with E-state index in [4.69, 9.17) is 5.73 Å². The summed E-state index contributed by atoms with van der Waals surface area (Å²) >= 11 is 3.32. The molecule has 62 valence electrons. The molecule has 2 nitrogen and oxygen atoms in total. The van der Waals surface area contributed by atoms with Gasteiger partial charge in [0, 0.05) is 11.9 Å². The van der Waals surface area contributed by atoms with Gasteiger partial charge in [-0.15, -0.1) is 22.7 Å². The van der Waals surface area contributed by atoms with Crippen LogP contribution in [-0.2, 0) is 6.54 Å². The minimum atomic E-state index is 0.538. The lowest BCUT2D eigenvalue weighted by Gasteiger charge is -1.86. The summed E-state index contributed by atoms with van der Waals surface area (Å²) in [6.07, 6.45) is 0. The number of rotatable bonds is 2. The second kappa shape index (κ2) is 3.35. The second-order valence-electron chi connectivity index (χ2n) is 2.31. The Morgan fingerprint density at radius 2 is 2.33 bits per heavy atom.